The number of nitrogens with one attached hydrogen (secondary N) is 1. The standard InChI is InChI=1S/C13H13N5S.ClH.Cu/c14-11-3-1-2-9(6-11)10-4-5-16-12(7-10)8-17-18-13(15)19;;/h1-8H,14H2,(H3,15,18,19);1H;/q;;+1/p-1. The molecule has 21 heavy (non-hydrogen) atoms. The van der Waals surface area contributed by atoms with Crippen LogP contribution in [0.2, 0.25) is 0 Å². The summed E-state index contributed by atoms with van der Waals surface area (Å²) < 4.78 is 0. The average molecular weight is 370 g/mol. The van der Waals surface area contributed by atoms with Crippen molar-refractivity contribution < 1.29 is 15.1 Å². The molecule has 114 valence electrons. The second kappa shape index (κ2) is 9.31. The molecule has 8 heteroatoms. The number of hydrogen-bond acceptors (Lipinski definition) is 4. The molecule has 1 heterocycles. The van der Waals surface area contributed by atoms with E-state index in [2.05, 4.69) is 52.9 Å². The van der Waals surface area contributed by atoms with E-state index in [1.807, 2.05) is 36.4 Å². The molecule has 0 saturated carbocycles. The molecule has 0 saturated heterocycles. The zero-order valence-electron chi connectivity index (χ0n) is 10.8. The molecule has 2 aromatic rings. The zero-order valence-corrected chi connectivity index (χ0v) is 13.3. The van der Waals surface area contributed by atoms with E-state index in [1.165, 1.54) is 0 Å². The van der Waals surface area contributed by atoms with E-state index in [1.54, 1.807) is 12.4 Å². The van der Waals surface area contributed by atoms with E-state index in [0.29, 0.717) is 5.69 Å². The van der Waals surface area contributed by atoms with Crippen molar-refractivity contribution in [2.75, 3.05) is 5.73 Å². The Morgan fingerprint density at radius 3 is 2.67 bits per heavy atom. The Morgan fingerprint density at radius 1 is 1.29 bits per heavy atom. The van der Waals surface area contributed by atoms with Crippen molar-refractivity contribution in [3.05, 3.63) is 48.3 Å². The predicted molar refractivity (Wildman–Crippen MR) is 87.5 cm³/mol. The van der Waals surface area contributed by atoms with Gasteiger partial charge in [0.2, 0.25) is 0 Å². The Kier molecular flexibility index (Phi) is 7.71. The minimum atomic E-state index is 0.114. The van der Waals surface area contributed by atoms with Crippen LogP contribution in [0.3, 0.4) is 0 Å². The fraction of sp³-hybridized carbons (Fsp3) is 0. The Labute approximate surface area is 140 Å². The first kappa shape index (κ1) is 17.4. The number of aromatic nitrogens is 1. The van der Waals surface area contributed by atoms with Crippen molar-refractivity contribution in [3.8, 4) is 11.1 Å². The summed E-state index contributed by atoms with van der Waals surface area (Å²) in [7, 11) is 4.20. The number of nitrogens with zero attached hydrogens (tertiary/aromatic N) is 2. The van der Waals surface area contributed by atoms with Gasteiger partial charge in [-0.3, -0.25) is 10.4 Å². The van der Waals surface area contributed by atoms with Crippen molar-refractivity contribution in [2.24, 2.45) is 10.8 Å². The van der Waals surface area contributed by atoms with E-state index in [9.17, 15) is 0 Å². The van der Waals surface area contributed by atoms with Crippen LogP contribution in [0.5, 0.6) is 0 Å². The van der Waals surface area contributed by atoms with Crippen LogP contribution in [-0.2, 0) is 15.1 Å². The molecule has 0 amide bonds. The number of halogens is 1. The van der Waals surface area contributed by atoms with E-state index in [0.717, 1.165) is 16.8 Å². The van der Waals surface area contributed by atoms with Gasteiger partial charge >= 0.3 is 25.2 Å². The molecule has 5 N–H and O–H groups in total. The minimum absolute atomic E-state index is 0.114. The molecule has 0 spiro atoms. The van der Waals surface area contributed by atoms with Gasteiger partial charge < -0.3 is 11.5 Å². The molecule has 1 aromatic carbocycles. The van der Waals surface area contributed by atoms with Crippen molar-refractivity contribution >= 4 is 39.3 Å². The molecule has 5 nitrogen and oxygen atoms in total. The summed E-state index contributed by atoms with van der Waals surface area (Å²) in [5.74, 6) is 0. The van der Waals surface area contributed by atoms with Crippen molar-refractivity contribution in [2.45, 2.75) is 0 Å². The summed E-state index contributed by atoms with van der Waals surface area (Å²) in [6.07, 6.45) is 3.26. The van der Waals surface area contributed by atoms with Crippen LogP contribution in [0.4, 0.5) is 5.69 Å². The number of hydrogen-bond donors (Lipinski definition) is 3. The van der Waals surface area contributed by atoms with E-state index in [4.69, 9.17) is 11.5 Å². The molecule has 0 atom stereocenters. The number of anilines is 1. The molecule has 1 aromatic heterocycles. The first-order valence-corrected chi connectivity index (χ1v) is 7.37. The number of hydrazone groups is 1. The Hall–Kier alpha value is -1.66. The number of nitrogen functional groups attached to an aromatic ring is 1. The van der Waals surface area contributed by atoms with E-state index < -0.39 is 0 Å². The van der Waals surface area contributed by atoms with Crippen molar-refractivity contribution in [3.63, 3.8) is 0 Å². The van der Waals surface area contributed by atoms with Gasteiger partial charge in [0.05, 0.1) is 11.9 Å². The summed E-state index contributed by atoms with van der Waals surface area (Å²) >= 11 is 8.31. The molecule has 0 bridgehead atoms. The summed E-state index contributed by atoms with van der Waals surface area (Å²) in [6, 6.07) is 11.5. The third-order valence-electron chi connectivity index (χ3n) is 2.37. The second-order valence-corrected chi connectivity index (χ2v) is 4.27. The van der Waals surface area contributed by atoms with Gasteiger partial charge in [-0.05, 0) is 47.6 Å². The van der Waals surface area contributed by atoms with Gasteiger partial charge in [0.25, 0.3) is 0 Å². The molecular formula is C13H13ClCuN5S. The number of pyridine rings is 1. The van der Waals surface area contributed by atoms with Gasteiger partial charge in [-0.25, -0.2) is 0 Å². The molecular weight excluding hydrogens is 357 g/mol. The van der Waals surface area contributed by atoms with Crippen LogP contribution in [-0.4, -0.2) is 16.3 Å². The van der Waals surface area contributed by atoms with Gasteiger partial charge in [-0.1, -0.05) is 12.1 Å². The normalized spacial score (nSPS) is 9.86. The van der Waals surface area contributed by atoms with Crippen LogP contribution >= 0.6 is 22.3 Å². The average Bonchev–Trinajstić information content (AvgIpc) is 2.49. The van der Waals surface area contributed by atoms with Crippen LogP contribution in [0.1, 0.15) is 5.69 Å². The Balaban J connectivity index is 0.00000106. The van der Waals surface area contributed by atoms with Crippen molar-refractivity contribution in [1.29, 1.82) is 0 Å². The molecule has 0 aliphatic rings. The molecule has 0 aliphatic heterocycles. The first-order chi connectivity index (χ1) is 10.1. The third-order valence-corrected chi connectivity index (χ3v) is 2.46. The predicted octanol–water partition coefficient (Wildman–Crippen LogP) is 2.18. The Morgan fingerprint density at radius 2 is 2.00 bits per heavy atom. The summed E-state index contributed by atoms with van der Waals surface area (Å²) in [6.45, 7) is 0. The van der Waals surface area contributed by atoms with Crippen LogP contribution < -0.4 is 16.9 Å². The fourth-order valence-corrected chi connectivity index (χ4v) is 1.63. The summed E-state index contributed by atoms with van der Waals surface area (Å²) in [5.41, 5.74) is 17.0. The van der Waals surface area contributed by atoms with Gasteiger partial charge in [-0.2, -0.15) is 5.10 Å². The van der Waals surface area contributed by atoms with E-state index in [-0.39, 0.29) is 5.11 Å². The maximum absolute atomic E-state index is 5.77. The quantitative estimate of drug-likeness (QED) is 0.253. The topological polar surface area (TPSA) is 89.3 Å². The third kappa shape index (κ3) is 6.10. The number of nitrogens with two attached hydrogens (primary N) is 2. The molecule has 0 radical (unpaired) electrons. The molecule has 0 fully saturated rings. The second-order valence-electron chi connectivity index (χ2n) is 3.83. The van der Waals surface area contributed by atoms with Gasteiger partial charge in [-0.15, -0.1) is 0 Å². The summed E-state index contributed by atoms with van der Waals surface area (Å²) in [4.78, 5) is 4.18. The van der Waals surface area contributed by atoms with Gasteiger partial charge in [0.1, 0.15) is 0 Å². The molecule has 0 unspecified atom stereocenters. The molecule has 0 aliphatic carbocycles. The van der Waals surface area contributed by atoms with Gasteiger partial charge in [0.15, 0.2) is 5.11 Å². The fourth-order valence-electron chi connectivity index (χ4n) is 1.58. The number of thiocarbonyl (C=S) groups is 1. The Bertz CT molecular complexity index is 635. The van der Waals surface area contributed by atoms with Crippen molar-refractivity contribution in [1.82, 2.24) is 10.4 Å². The monoisotopic (exact) mass is 369 g/mol. The van der Waals surface area contributed by atoms with Crippen LogP contribution in [0, 0.1) is 0 Å². The summed E-state index contributed by atoms with van der Waals surface area (Å²) in [5, 5.41) is 3.98. The first-order valence-electron chi connectivity index (χ1n) is 5.67. The number of rotatable bonds is 3. The van der Waals surface area contributed by atoms with Crippen LogP contribution in [0.15, 0.2) is 47.7 Å². The van der Waals surface area contributed by atoms with Gasteiger partial charge in [0, 0.05) is 11.9 Å². The number of benzene rings is 1. The molecule has 2 rings (SSSR count). The SMILES string of the molecule is NC(=S)NN=Cc1cc(-c2cccc(N)c2)ccn1.[Cl][Cu]. The van der Waals surface area contributed by atoms with E-state index >= 15 is 0 Å². The van der Waals surface area contributed by atoms with Crippen LogP contribution in [0.25, 0.3) is 11.1 Å². The zero-order chi connectivity index (χ0) is 15.7. The maximum atomic E-state index is 5.77.